The minimum atomic E-state index is -4.58. The lowest BCUT2D eigenvalue weighted by Crippen LogP contribution is -2.46. The van der Waals surface area contributed by atoms with Gasteiger partial charge in [0.1, 0.15) is 0 Å². The summed E-state index contributed by atoms with van der Waals surface area (Å²) in [5, 5.41) is 2.24. The Morgan fingerprint density at radius 3 is 2.21 bits per heavy atom. The van der Waals surface area contributed by atoms with Crippen LogP contribution in [0.2, 0.25) is 0 Å². The van der Waals surface area contributed by atoms with Crippen molar-refractivity contribution in [2.45, 2.75) is 25.7 Å². The van der Waals surface area contributed by atoms with Gasteiger partial charge >= 0.3 is 6.18 Å². The van der Waals surface area contributed by atoms with Crippen molar-refractivity contribution in [3.05, 3.63) is 65.7 Å². The number of nitrogens with one attached hydrogen (secondary N) is 1. The molecule has 0 aromatic heterocycles. The highest BCUT2D eigenvalue weighted by molar-refractivity contribution is 5.95. The van der Waals surface area contributed by atoms with Gasteiger partial charge in [-0.05, 0) is 31.7 Å². The second kappa shape index (κ2) is 9.56. The fourth-order valence-corrected chi connectivity index (χ4v) is 2.84. The van der Waals surface area contributed by atoms with Gasteiger partial charge in [-0.15, -0.1) is 0 Å². The van der Waals surface area contributed by atoms with Gasteiger partial charge in [-0.1, -0.05) is 42.5 Å². The molecule has 5 nitrogen and oxygen atoms in total. The van der Waals surface area contributed by atoms with E-state index < -0.39 is 23.7 Å². The maximum Gasteiger partial charge on any atom is 0.418 e. The van der Waals surface area contributed by atoms with Crippen LogP contribution in [0.15, 0.2) is 54.6 Å². The maximum atomic E-state index is 13.0. The summed E-state index contributed by atoms with van der Waals surface area (Å²) >= 11 is 0. The molecule has 0 radical (unpaired) electrons. The number of anilines is 1. The Hall–Kier alpha value is -2.87. The van der Waals surface area contributed by atoms with Crippen LogP contribution in [0, 0.1) is 0 Å². The van der Waals surface area contributed by atoms with E-state index in [1.165, 1.54) is 30.1 Å². The van der Waals surface area contributed by atoms with Crippen LogP contribution in [0.4, 0.5) is 18.9 Å². The molecule has 2 aromatic rings. The molecule has 29 heavy (non-hydrogen) atoms. The van der Waals surface area contributed by atoms with Crippen LogP contribution < -0.4 is 5.32 Å². The molecule has 0 unspecified atom stereocenters. The van der Waals surface area contributed by atoms with Crippen molar-refractivity contribution in [2.24, 2.45) is 0 Å². The van der Waals surface area contributed by atoms with Crippen molar-refractivity contribution in [1.29, 1.82) is 0 Å². The van der Waals surface area contributed by atoms with E-state index in [0.29, 0.717) is 6.54 Å². The van der Waals surface area contributed by atoms with Crippen LogP contribution in [0.5, 0.6) is 0 Å². The zero-order valence-corrected chi connectivity index (χ0v) is 16.5. The third kappa shape index (κ3) is 6.32. The highest BCUT2D eigenvalue weighted by Crippen LogP contribution is 2.34. The molecule has 0 saturated heterocycles. The lowest BCUT2D eigenvalue weighted by Gasteiger charge is -2.28. The summed E-state index contributed by atoms with van der Waals surface area (Å²) in [5.74, 6) is -1.00. The largest absolute Gasteiger partial charge is 0.418 e. The van der Waals surface area contributed by atoms with Crippen LogP contribution in [0.25, 0.3) is 0 Å². The summed E-state index contributed by atoms with van der Waals surface area (Å²) in [6, 6.07) is 13.8. The zero-order chi connectivity index (χ0) is 21.6. The maximum absolute atomic E-state index is 13.0. The molecule has 0 aliphatic heterocycles. The van der Waals surface area contributed by atoms with Crippen LogP contribution in [0.3, 0.4) is 0 Å². The van der Waals surface area contributed by atoms with Gasteiger partial charge in [0.05, 0.1) is 23.8 Å². The predicted octanol–water partition coefficient (Wildman–Crippen LogP) is 3.62. The number of likely N-dealkylation sites (N-methyl/N-ethyl adjacent to an activating group) is 2. The zero-order valence-electron chi connectivity index (χ0n) is 16.5. The summed E-state index contributed by atoms with van der Waals surface area (Å²) < 4.78 is 39.1. The molecular formula is C21H24F3N3O2. The summed E-state index contributed by atoms with van der Waals surface area (Å²) in [6.07, 6.45) is -4.58. The van der Waals surface area contributed by atoms with E-state index in [1.807, 2.05) is 35.2 Å². The monoisotopic (exact) mass is 407 g/mol. The molecule has 0 spiro atoms. The minimum absolute atomic E-state index is 0.303. The quantitative estimate of drug-likeness (QED) is 0.763. The van der Waals surface area contributed by atoms with E-state index in [9.17, 15) is 22.8 Å². The Balaban J connectivity index is 1.96. The second-order valence-corrected chi connectivity index (χ2v) is 6.86. The first kappa shape index (κ1) is 22.4. The van der Waals surface area contributed by atoms with Gasteiger partial charge in [0, 0.05) is 13.6 Å². The number of halogens is 3. The molecular weight excluding hydrogens is 383 g/mol. The highest BCUT2D eigenvalue weighted by atomic mass is 19.4. The van der Waals surface area contributed by atoms with Crippen LogP contribution in [-0.2, 0) is 22.3 Å². The third-order valence-corrected chi connectivity index (χ3v) is 4.56. The third-order valence-electron chi connectivity index (χ3n) is 4.56. The fourth-order valence-electron chi connectivity index (χ4n) is 2.84. The van der Waals surface area contributed by atoms with Gasteiger partial charge in [-0.3, -0.25) is 14.5 Å². The van der Waals surface area contributed by atoms with E-state index in [0.717, 1.165) is 11.6 Å². The van der Waals surface area contributed by atoms with Crippen LogP contribution >= 0.6 is 0 Å². The summed E-state index contributed by atoms with van der Waals surface area (Å²) in [7, 11) is 3.24. The number of carbonyl (C=O) groups excluding carboxylic acids is 2. The first-order valence-corrected chi connectivity index (χ1v) is 9.05. The Kier molecular flexibility index (Phi) is 7.39. The fraction of sp³-hybridized carbons (Fsp3) is 0.333. The first-order chi connectivity index (χ1) is 13.6. The van der Waals surface area contributed by atoms with E-state index in [2.05, 4.69) is 5.32 Å². The number of rotatable bonds is 7. The smallest absolute Gasteiger partial charge is 0.335 e. The van der Waals surface area contributed by atoms with E-state index >= 15 is 0 Å². The molecule has 0 aliphatic rings. The van der Waals surface area contributed by atoms with Gasteiger partial charge in [0.25, 0.3) is 0 Å². The summed E-state index contributed by atoms with van der Waals surface area (Å²) in [4.78, 5) is 27.9. The van der Waals surface area contributed by atoms with Crippen molar-refractivity contribution >= 4 is 17.5 Å². The number of hydrogen-bond donors (Lipinski definition) is 1. The van der Waals surface area contributed by atoms with Crippen LogP contribution in [-0.4, -0.2) is 48.3 Å². The number of benzene rings is 2. The van der Waals surface area contributed by atoms with Gasteiger partial charge in [-0.2, -0.15) is 13.2 Å². The molecule has 0 fully saturated rings. The molecule has 0 aliphatic carbocycles. The highest BCUT2D eigenvalue weighted by Gasteiger charge is 2.33. The number of carbonyl (C=O) groups is 2. The molecule has 2 amide bonds. The number of alkyl halides is 3. The molecule has 156 valence electrons. The molecule has 1 atom stereocenters. The molecule has 8 heteroatoms. The van der Waals surface area contributed by atoms with Crippen molar-refractivity contribution in [2.75, 3.05) is 26.0 Å². The first-order valence-electron chi connectivity index (χ1n) is 9.05. The predicted molar refractivity (Wildman–Crippen MR) is 105 cm³/mol. The van der Waals surface area contributed by atoms with Gasteiger partial charge in [-0.25, -0.2) is 0 Å². The molecule has 0 bridgehead atoms. The van der Waals surface area contributed by atoms with Gasteiger partial charge in [0.2, 0.25) is 11.8 Å². The molecule has 0 heterocycles. The Labute approximate surface area is 168 Å². The average Bonchev–Trinajstić information content (AvgIpc) is 2.67. The standard InChI is InChI=1S/C21H24F3N3O2/c1-15(26(2)13-16-9-5-4-6-10-16)20(29)27(3)14-19(28)25-18-12-8-7-11-17(18)21(22,23)24/h4-12,15H,13-14H2,1-3H3,(H,25,28)/t15-/m1/s1. The molecule has 2 rings (SSSR count). The molecule has 1 N–H and O–H groups in total. The minimum Gasteiger partial charge on any atom is -0.335 e. The van der Waals surface area contributed by atoms with Crippen molar-refractivity contribution in [3.8, 4) is 0 Å². The Bertz CT molecular complexity index is 841. The number of hydrogen-bond acceptors (Lipinski definition) is 3. The van der Waals surface area contributed by atoms with Crippen molar-refractivity contribution < 1.29 is 22.8 Å². The summed E-state index contributed by atoms with van der Waals surface area (Å²) in [6.45, 7) is 1.92. The van der Waals surface area contributed by atoms with Gasteiger partial charge in [0.15, 0.2) is 0 Å². The van der Waals surface area contributed by atoms with Crippen LogP contribution in [0.1, 0.15) is 18.1 Å². The lowest BCUT2D eigenvalue weighted by atomic mass is 10.1. The van der Waals surface area contributed by atoms with Crippen molar-refractivity contribution in [1.82, 2.24) is 9.80 Å². The number of amides is 2. The average molecular weight is 407 g/mol. The number of nitrogens with zero attached hydrogens (tertiary/aromatic N) is 2. The lowest BCUT2D eigenvalue weighted by molar-refractivity contribution is -0.138. The topological polar surface area (TPSA) is 52.7 Å². The SMILES string of the molecule is C[C@H](C(=O)N(C)CC(=O)Nc1ccccc1C(F)(F)F)N(C)Cc1ccccc1. The Morgan fingerprint density at radius 1 is 1.00 bits per heavy atom. The Morgan fingerprint density at radius 2 is 1.59 bits per heavy atom. The van der Waals surface area contributed by atoms with E-state index in [4.69, 9.17) is 0 Å². The summed E-state index contributed by atoms with van der Waals surface area (Å²) in [5.41, 5.74) is -0.225. The number of para-hydroxylation sites is 1. The normalized spacial score (nSPS) is 12.5. The molecule has 2 aromatic carbocycles. The van der Waals surface area contributed by atoms with E-state index in [1.54, 1.807) is 14.0 Å². The van der Waals surface area contributed by atoms with Gasteiger partial charge < -0.3 is 10.2 Å². The second-order valence-electron chi connectivity index (χ2n) is 6.86. The molecule has 0 saturated carbocycles. The van der Waals surface area contributed by atoms with E-state index in [-0.39, 0.29) is 18.1 Å². The van der Waals surface area contributed by atoms with Crippen molar-refractivity contribution in [3.63, 3.8) is 0 Å².